The molecule has 4 nitrogen and oxygen atoms in total. The molecule has 3 aliphatic rings. The van der Waals surface area contributed by atoms with Gasteiger partial charge in [0.25, 0.3) is 0 Å². The van der Waals surface area contributed by atoms with E-state index in [0.29, 0.717) is 5.92 Å². The highest BCUT2D eigenvalue weighted by Crippen LogP contribution is 2.53. The first kappa shape index (κ1) is 14.9. The Labute approximate surface area is 127 Å². The van der Waals surface area contributed by atoms with Crippen LogP contribution in [0.4, 0.5) is 0 Å². The zero-order valence-electron chi connectivity index (χ0n) is 13.8. The molecular formula is C17H28N2O2. The first-order valence-corrected chi connectivity index (χ1v) is 8.48. The van der Waals surface area contributed by atoms with Crippen LogP contribution in [0.2, 0.25) is 0 Å². The van der Waals surface area contributed by atoms with E-state index < -0.39 is 0 Å². The molecule has 2 unspecified atom stereocenters. The highest BCUT2D eigenvalue weighted by Gasteiger charge is 2.54. The molecule has 3 rings (SSSR count). The fourth-order valence-electron chi connectivity index (χ4n) is 4.16. The molecule has 2 saturated heterocycles. The van der Waals surface area contributed by atoms with Gasteiger partial charge in [-0.1, -0.05) is 27.7 Å². The normalized spacial score (nSPS) is 31.3. The van der Waals surface area contributed by atoms with E-state index in [1.54, 1.807) is 0 Å². The van der Waals surface area contributed by atoms with Crippen LogP contribution in [-0.2, 0) is 9.59 Å². The van der Waals surface area contributed by atoms with Gasteiger partial charge in [0.2, 0.25) is 11.8 Å². The Morgan fingerprint density at radius 2 is 1.81 bits per heavy atom. The Kier molecular flexibility index (Phi) is 3.53. The molecule has 2 atom stereocenters. The number of carbonyl (C=O) groups excluding carboxylic acids is 2. The summed E-state index contributed by atoms with van der Waals surface area (Å²) in [7, 11) is 0. The van der Waals surface area contributed by atoms with Gasteiger partial charge in [0.1, 0.15) is 12.1 Å². The van der Waals surface area contributed by atoms with Gasteiger partial charge < -0.3 is 9.80 Å². The first-order chi connectivity index (χ1) is 9.87. The van der Waals surface area contributed by atoms with Crippen molar-refractivity contribution >= 4 is 11.8 Å². The molecule has 0 radical (unpaired) electrons. The molecule has 2 aliphatic heterocycles. The van der Waals surface area contributed by atoms with Crippen molar-refractivity contribution in [2.24, 2.45) is 17.3 Å². The van der Waals surface area contributed by atoms with E-state index in [0.717, 1.165) is 25.9 Å². The average Bonchev–Trinajstić information content (AvgIpc) is 3.02. The van der Waals surface area contributed by atoms with Crippen molar-refractivity contribution in [3.05, 3.63) is 0 Å². The predicted octanol–water partition coefficient (Wildman–Crippen LogP) is 2.28. The highest BCUT2D eigenvalue weighted by molar-refractivity contribution is 5.97. The van der Waals surface area contributed by atoms with Crippen LogP contribution in [0.3, 0.4) is 0 Å². The van der Waals surface area contributed by atoms with E-state index in [-0.39, 0.29) is 35.2 Å². The maximum atomic E-state index is 12.9. The number of hydrogen-bond acceptors (Lipinski definition) is 2. The van der Waals surface area contributed by atoms with Crippen LogP contribution < -0.4 is 0 Å². The molecule has 0 aromatic rings. The minimum atomic E-state index is -0.247. The summed E-state index contributed by atoms with van der Waals surface area (Å²) in [5, 5.41) is 0. The van der Waals surface area contributed by atoms with Gasteiger partial charge in [-0.25, -0.2) is 0 Å². The average molecular weight is 292 g/mol. The summed E-state index contributed by atoms with van der Waals surface area (Å²) in [6, 6.07) is -0.418. The zero-order valence-corrected chi connectivity index (χ0v) is 13.8. The number of piperazine rings is 1. The third-order valence-corrected chi connectivity index (χ3v) is 5.93. The molecule has 1 aliphatic carbocycles. The lowest BCUT2D eigenvalue weighted by Crippen LogP contribution is -2.65. The largest absolute Gasteiger partial charge is 0.329 e. The van der Waals surface area contributed by atoms with Gasteiger partial charge in [-0.05, 0) is 42.9 Å². The third-order valence-electron chi connectivity index (χ3n) is 5.93. The van der Waals surface area contributed by atoms with E-state index in [9.17, 15) is 9.59 Å². The SMILES string of the molecule is CC(C)C1C(=O)N2CCCC2C(=O)N1CC1(C(C)C)CC1. The molecule has 1 saturated carbocycles. The molecule has 3 fully saturated rings. The van der Waals surface area contributed by atoms with Crippen LogP contribution in [0.15, 0.2) is 0 Å². The van der Waals surface area contributed by atoms with Crippen LogP contribution in [0.5, 0.6) is 0 Å². The van der Waals surface area contributed by atoms with E-state index in [2.05, 4.69) is 27.7 Å². The first-order valence-electron chi connectivity index (χ1n) is 8.48. The molecule has 0 spiro atoms. The quantitative estimate of drug-likeness (QED) is 0.797. The number of hydrogen-bond donors (Lipinski definition) is 0. The van der Waals surface area contributed by atoms with Gasteiger partial charge in [0.15, 0.2) is 0 Å². The van der Waals surface area contributed by atoms with Crippen molar-refractivity contribution < 1.29 is 9.59 Å². The van der Waals surface area contributed by atoms with Crippen molar-refractivity contribution in [1.82, 2.24) is 9.80 Å². The Morgan fingerprint density at radius 3 is 2.33 bits per heavy atom. The van der Waals surface area contributed by atoms with E-state index in [4.69, 9.17) is 0 Å². The van der Waals surface area contributed by atoms with Crippen LogP contribution in [0.1, 0.15) is 53.4 Å². The van der Waals surface area contributed by atoms with Crippen molar-refractivity contribution in [3.8, 4) is 0 Å². The molecule has 2 amide bonds. The zero-order chi connectivity index (χ0) is 15.4. The smallest absolute Gasteiger partial charge is 0.246 e. The number of nitrogens with zero attached hydrogens (tertiary/aromatic N) is 2. The topological polar surface area (TPSA) is 40.6 Å². The second kappa shape index (κ2) is 4.99. The monoisotopic (exact) mass is 292 g/mol. The maximum Gasteiger partial charge on any atom is 0.246 e. The fourth-order valence-corrected chi connectivity index (χ4v) is 4.16. The van der Waals surface area contributed by atoms with Crippen molar-refractivity contribution in [1.29, 1.82) is 0 Å². The van der Waals surface area contributed by atoms with Crippen LogP contribution in [0, 0.1) is 17.3 Å². The minimum Gasteiger partial charge on any atom is -0.329 e. The van der Waals surface area contributed by atoms with Gasteiger partial charge >= 0.3 is 0 Å². The van der Waals surface area contributed by atoms with E-state index in [1.807, 2.05) is 9.80 Å². The van der Waals surface area contributed by atoms with Crippen LogP contribution in [0.25, 0.3) is 0 Å². The van der Waals surface area contributed by atoms with Crippen molar-refractivity contribution in [3.63, 3.8) is 0 Å². The van der Waals surface area contributed by atoms with Gasteiger partial charge in [-0.3, -0.25) is 9.59 Å². The lowest BCUT2D eigenvalue weighted by atomic mass is 9.88. The van der Waals surface area contributed by atoms with E-state index >= 15 is 0 Å². The molecule has 4 heteroatoms. The second-order valence-electron chi connectivity index (χ2n) is 7.86. The molecular weight excluding hydrogens is 264 g/mol. The molecule has 0 aromatic heterocycles. The number of fused-ring (bicyclic) bond motifs is 1. The fraction of sp³-hybridized carbons (Fsp3) is 0.882. The Morgan fingerprint density at radius 1 is 1.14 bits per heavy atom. The second-order valence-corrected chi connectivity index (χ2v) is 7.86. The van der Waals surface area contributed by atoms with Gasteiger partial charge in [0.05, 0.1) is 0 Å². The molecule has 2 heterocycles. The summed E-state index contributed by atoms with van der Waals surface area (Å²) in [5.74, 6) is 1.16. The van der Waals surface area contributed by atoms with Gasteiger partial charge in [-0.15, -0.1) is 0 Å². The molecule has 118 valence electrons. The number of carbonyl (C=O) groups is 2. The molecule has 21 heavy (non-hydrogen) atoms. The summed E-state index contributed by atoms with van der Waals surface area (Å²) in [4.78, 5) is 29.5. The number of rotatable bonds is 4. The molecule has 0 bridgehead atoms. The predicted molar refractivity (Wildman–Crippen MR) is 81.6 cm³/mol. The van der Waals surface area contributed by atoms with Gasteiger partial charge in [0, 0.05) is 13.1 Å². The molecule has 0 N–H and O–H groups in total. The Balaban J connectivity index is 1.88. The van der Waals surface area contributed by atoms with Crippen LogP contribution >= 0.6 is 0 Å². The van der Waals surface area contributed by atoms with Crippen molar-refractivity contribution in [2.75, 3.05) is 13.1 Å². The molecule has 0 aromatic carbocycles. The summed E-state index contributed by atoms with van der Waals surface area (Å²) in [6.07, 6.45) is 4.21. The highest BCUT2D eigenvalue weighted by atomic mass is 16.2. The lowest BCUT2D eigenvalue weighted by Gasteiger charge is -2.45. The summed E-state index contributed by atoms with van der Waals surface area (Å²) >= 11 is 0. The summed E-state index contributed by atoms with van der Waals surface area (Å²) < 4.78 is 0. The van der Waals surface area contributed by atoms with Crippen LogP contribution in [-0.4, -0.2) is 46.8 Å². The Hall–Kier alpha value is -1.06. The minimum absolute atomic E-state index is 0.171. The maximum absolute atomic E-state index is 12.9. The summed E-state index contributed by atoms with van der Waals surface area (Å²) in [5.41, 5.74) is 0.268. The van der Waals surface area contributed by atoms with E-state index in [1.165, 1.54) is 12.8 Å². The standard InChI is InChI=1S/C17H28N2O2/c1-11(2)14-16(21)18-9-5-6-13(18)15(20)19(14)10-17(7-8-17)12(3)4/h11-14H,5-10H2,1-4H3. The van der Waals surface area contributed by atoms with Gasteiger partial charge in [-0.2, -0.15) is 0 Å². The number of amides is 2. The lowest BCUT2D eigenvalue weighted by molar-refractivity contribution is -0.162. The Bertz CT molecular complexity index is 454. The van der Waals surface area contributed by atoms with Crippen molar-refractivity contribution in [2.45, 2.75) is 65.5 Å². The summed E-state index contributed by atoms with van der Waals surface area (Å²) in [6.45, 7) is 10.2. The third kappa shape index (κ3) is 2.27.